The van der Waals surface area contributed by atoms with Crippen LogP contribution >= 0.6 is 23.1 Å². The average Bonchev–Trinajstić information content (AvgIpc) is 2.86. The van der Waals surface area contributed by atoms with Crippen LogP contribution in [0.15, 0.2) is 24.3 Å². The molecule has 0 radical (unpaired) electrons. The van der Waals surface area contributed by atoms with Crippen LogP contribution in [-0.4, -0.2) is 18.5 Å². The van der Waals surface area contributed by atoms with Gasteiger partial charge in [0.1, 0.15) is 22.4 Å². The van der Waals surface area contributed by atoms with Gasteiger partial charge in [0.25, 0.3) is 0 Å². The maximum atomic E-state index is 9.15. The Balaban J connectivity index is 2.27. The lowest BCUT2D eigenvalue weighted by Gasteiger charge is -2.25. The minimum Gasteiger partial charge on any atom is -0.497 e. The molecule has 0 aliphatic carbocycles. The predicted molar refractivity (Wildman–Crippen MR) is 81.7 cm³/mol. The van der Waals surface area contributed by atoms with Crippen LogP contribution < -0.4 is 9.64 Å². The third-order valence-corrected chi connectivity index (χ3v) is 4.56. The lowest BCUT2D eigenvalue weighted by Crippen LogP contribution is -2.21. The van der Waals surface area contributed by atoms with Crippen LogP contribution in [0.25, 0.3) is 0 Å². The van der Waals surface area contributed by atoms with Crippen molar-refractivity contribution in [1.29, 1.82) is 5.26 Å². The van der Waals surface area contributed by atoms with Gasteiger partial charge in [-0.1, -0.05) is 23.7 Å². The Hall–Kier alpha value is -1.77. The van der Waals surface area contributed by atoms with Crippen LogP contribution in [-0.2, 0) is 0 Å². The number of methoxy groups -OCH3 is 1. The molecule has 0 amide bonds. The Bertz CT molecular complexity index is 633. The maximum absolute atomic E-state index is 9.15. The predicted octanol–water partition coefficient (Wildman–Crippen LogP) is 3.87. The molecule has 4 nitrogen and oxygen atoms in total. The molecule has 0 saturated heterocycles. The van der Waals surface area contributed by atoms with Gasteiger partial charge in [0.15, 0.2) is 5.15 Å². The smallest absolute Gasteiger partial charge is 0.162 e. The Labute approximate surface area is 127 Å². The second-order valence-electron chi connectivity index (χ2n) is 4.33. The van der Waals surface area contributed by atoms with E-state index in [1.807, 2.05) is 36.2 Å². The summed E-state index contributed by atoms with van der Waals surface area (Å²) in [6.07, 6.45) is 0. The number of aromatic nitrogens is 1. The van der Waals surface area contributed by atoms with Crippen molar-refractivity contribution in [3.8, 4) is 11.8 Å². The molecule has 20 heavy (non-hydrogen) atoms. The van der Waals surface area contributed by atoms with E-state index >= 15 is 0 Å². The monoisotopic (exact) mass is 307 g/mol. The standard InChI is InChI=1S/C14H14ClN3OS/c1-9(10-4-6-11(19-3)7-5-10)18(2)14-12(8-16)13(15)17-20-14/h4-7,9H,1-3H3. The summed E-state index contributed by atoms with van der Waals surface area (Å²) in [5.74, 6) is 0.821. The molecule has 0 bridgehead atoms. The zero-order chi connectivity index (χ0) is 14.7. The zero-order valence-corrected chi connectivity index (χ0v) is 13.0. The van der Waals surface area contributed by atoms with Gasteiger partial charge in [0.2, 0.25) is 0 Å². The summed E-state index contributed by atoms with van der Waals surface area (Å²) in [5, 5.41) is 10.2. The molecule has 1 atom stereocenters. The first-order valence-corrected chi connectivity index (χ1v) is 7.15. The summed E-state index contributed by atoms with van der Waals surface area (Å²) in [7, 11) is 3.57. The van der Waals surface area contributed by atoms with Crippen molar-refractivity contribution < 1.29 is 4.74 Å². The molecule has 1 aromatic heterocycles. The highest BCUT2D eigenvalue weighted by Gasteiger charge is 2.20. The van der Waals surface area contributed by atoms with Crippen molar-refractivity contribution in [1.82, 2.24) is 4.37 Å². The SMILES string of the molecule is COc1ccc(C(C)N(C)c2snc(Cl)c2C#N)cc1. The molecule has 0 aliphatic heterocycles. The van der Waals surface area contributed by atoms with Gasteiger partial charge in [-0.15, -0.1) is 0 Å². The molecule has 0 saturated carbocycles. The highest BCUT2D eigenvalue weighted by Crippen LogP contribution is 2.35. The van der Waals surface area contributed by atoms with Gasteiger partial charge >= 0.3 is 0 Å². The molecule has 104 valence electrons. The number of hydrogen-bond donors (Lipinski definition) is 0. The normalized spacial score (nSPS) is 11.8. The van der Waals surface area contributed by atoms with Gasteiger partial charge in [-0.25, -0.2) is 0 Å². The molecule has 0 N–H and O–H groups in total. The first-order valence-electron chi connectivity index (χ1n) is 6.00. The lowest BCUT2D eigenvalue weighted by atomic mass is 10.1. The minimum absolute atomic E-state index is 0.101. The van der Waals surface area contributed by atoms with Crippen LogP contribution in [0.1, 0.15) is 24.1 Å². The quantitative estimate of drug-likeness (QED) is 0.860. The van der Waals surface area contributed by atoms with Crippen LogP contribution in [0, 0.1) is 11.3 Å². The molecule has 1 unspecified atom stereocenters. The Morgan fingerprint density at radius 3 is 2.60 bits per heavy atom. The van der Waals surface area contributed by atoms with Crippen molar-refractivity contribution >= 4 is 28.1 Å². The number of nitrogens with zero attached hydrogens (tertiary/aromatic N) is 3. The van der Waals surface area contributed by atoms with Crippen molar-refractivity contribution in [2.75, 3.05) is 19.1 Å². The molecule has 6 heteroatoms. The van der Waals surface area contributed by atoms with Crippen LogP contribution in [0.2, 0.25) is 5.15 Å². The summed E-state index contributed by atoms with van der Waals surface area (Å²) < 4.78 is 9.19. The Morgan fingerprint density at radius 2 is 2.05 bits per heavy atom. The highest BCUT2D eigenvalue weighted by molar-refractivity contribution is 7.10. The largest absolute Gasteiger partial charge is 0.497 e. The third kappa shape index (κ3) is 2.72. The molecule has 0 aliphatic rings. The van der Waals surface area contributed by atoms with Crippen molar-refractivity contribution in [2.45, 2.75) is 13.0 Å². The van der Waals surface area contributed by atoms with Crippen LogP contribution in [0.3, 0.4) is 0 Å². The number of rotatable bonds is 4. The molecule has 2 aromatic rings. The summed E-state index contributed by atoms with van der Waals surface area (Å²) >= 11 is 7.15. The highest BCUT2D eigenvalue weighted by atomic mass is 35.5. The molecule has 1 aromatic carbocycles. The minimum atomic E-state index is 0.101. The van der Waals surface area contributed by atoms with Gasteiger partial charge in [-0.05, 0) is 36.2 Å². The van der Waals surface area contributed by atoms with E-state index in [0.29, 0.717) is 5.56 Å². The molecule has 1 heterocycles. The Morgan fingerprint density at radius 1 is 1.40 bits per heavy atom. The average molecular weight is 308 g/mol. The second kappa shape index (κ2) is 6.12. The van der Waals surface area contributed by atoms with E-state index in [4.69, 9.17) is 21.6 Å². The van der Waals surface area contributed by atoms with Gasteiger partial charge in [-0.2, -0.15) is 9.64 Å². The van der Waals surface area contributed by atoms with E-state index in [0.717, 1.165) is 16.3 Å². The van der Waals surface area contributed by atoms with E-state index in [-0.39, 0.29) is 11.2 Å². The van der Waals surface area contributed by atoms with E-state index in [9.17, 15) is 0 Å². The fourth-order valence-electron chi connectivity index (χ4n) is 1.88. The number of nitriles is 1. The number of ether oxygens (including phenoxy) is 1. The Kier molecular flexibility index (Phi) is 4.48. The van der Waals surface area contributed by atoms with Gasteiger partial charge in [0.05, 0.1) is 13.2 Å². The van der Waals surface area contributed by atoms with Crippen molar-refractivity contribution in [2.24, 2.45) is 0 Å². The van der Waals surface area contributed by atoms with E-state index in [1.54, 1.807) is 7.11 Å². The van der Waals surface area contributed by atoms with Gasteiger partial charge in [0, 0.05) is 7.05 Å². The first kappa shape index (κ1) is 14.6. The summed E-state index contributed by atoms with van der Waals surface area (Å²) in [6.45, 7) is 2.07. The number of benzene rings is 1. The number of hydrogen-bond acceptors (Lipinski definition) is 5. The fraction of sp³-hybridized carbons (Fsp3) is 0.286. The first-order chi connectivity index (χ1) is 9.58. The topological polar surface area (TPSA) is 49.1 Å². The van der Waals surface area contributed by atoms with E-state index in [1.165, 1.54) is 11.5 Å². The molecule has 0 fully saturated rings. The zero-order valence-electron chi connectivity index (χ0n) is 11.4. The summed E-state index contributed by atoms with van der Waals surface area (Å²) in [6, 6.07) is 10.1. The summed E-state index contributed by atoms with van der Waals surface area (Å²) in [5.41, 5.74) is 1.56. The molecular weight excluding hydrogens is 294 g/mol. The van der Waals surface area contributed by atoms with E-state index in [2.05, 4.69) is 17.4 Å². The molecular formula is C14H14ClN3OS. The number of anilines is 1. The maximum Gasteiger partial charge on any atom is 0.162 e. The van der Waals surface area contributed by atoms with E-state index < -0.39 is 0 Å². The second-order valence-corrected chi connectivity index (χ2v) is 5.44. The van der Waals surface area contributed by atoms with Crippen LogP contribution in [0.4, 0.5) is 5.00 Å². The molecule has 2 rings (SSSR count). The van der Waals surface area contributed by atoms with Crippen molar-refractivity contribution in [3.05, 3.63) is 40.5 Å². The fourth-order valence-corrected chi connectivity index (χ4v) is 2.95. The lowest BCUT2D eigenvalue weighted by molar-refractivity contribution is 0.414. The third-order valence-electron chi connectivity index (χ3n) is 3.24. The van der Waals surface area contributed by atoms with Gasteiger partial charge < -0.3 is 9.64 Å². The number of halogens is 1. The van der Waals surface area contributed by atoms with Gasteiger partial charge in [-0.3, -0.25) is 0 Å². The summed E-state index contributed by atoms with van der Waals surface area (Å²) in [4.78, 5) is 2.00. The van der Waals surface area contributed by atoms with Crippen molar-refractivity contribution in [3.63, 3.8) is 0 Å². The van der Waals surface area contributed by atoms with Crippen LogP contribution in [0.5, 0.6) is 5.75 Å². The molecule has 0 spiro atoms.